The van der Waals surface area contributed by atoms with Crippen LogP contribution in [0.15, 0.2) is 77.7 Å². The molecule has 3 aromatic heterocycles. The molecule has 184 valence electrons. The molecular weight excluding hydrogens is 445 g/mol. The summed E-state index contributed by atoms with van der Waals surface area (Å²) in [6, 6.07) is 6.22. The van der Waals surface area contributed by atoms with Crippen LogP contribution in [-0.2, 0) is 6.42 Å². The lowest BCUT2D eigenvalue weighted by Crippen LogP contribution is -2.04. The van der Waals surface area contributed by atoms with E-state index in [2.05, 4.69) is 50.9 Å². The Morgan fingerprint density at radius 2 is 2.00 bits per heavy atom. The fraction of sp³-hybridized carbons (Fsp3) is 0.269. The number of aromatic nitrogens is 4. The van der Waals surface area contributed by atoms with Gasteiger partial charge in [-0.1, -0.05) is 25.2 Å². The van der Waals surface area contributed by atoms with Gasteiger partial charge in [0.25, 0.3) is 0 Å². The number of halogens is 1. The Morgan fingerprint density at radius 1 is 1.20 bits per heavy atom. The molecule has 0 atom stereocenters. The average Bonchev–Trinajstić information content (AvgIpc) is 3.53. The molecule has 0 saturated heterocycles. The number of nitrogen functional groups attached to an aromatic ring is 1. The van der Waals surface area contributed by atoms with Crippen molar-refractivity contribution in [3.05, 3.63) is 84.7 Å². The maximum absolute atomic E-state index is 12.2. The molecule has 0 unspecified atom stereocenters. The van der Waals surface area contributed by atoms with Crippen LogP contribution in [0.2, 0.25) is 0 Å². The zero-order valence-corrected chi connectivity index (χ0v) is 20.3. The summed E-state index contributed by atoms with van der Waals surface area (Å²) >= 11 is 0. The predicted molar refractivity (Wildman–Crippen MR) is 138 cm³/mol. The molecule has 0 aliphatic heterocycles. The van der Waals surface area contributed by atoms with E-state index in [4.69, 9.17) is 10.2 Å². The Morgan fingerprint density at radius 3 is 2.66 bits per heavy atom. The minimum Gasteiger partial charge on any atom is -0.443 e. The summed E-state index contributed by atoms with van der Waals surface area (Å²) in [4.78, 5) is 8.14. The van der Waals surface area contributed by atoms with E-state index in [0.717, 1.165) is 48.0 Å². The van der Waals surface area contributed by atoms with Crippen molar-refractivity contribution in [2.75, 3.05) is 25.1 Å². The topological polar surface area (TPSA) is 106 Å². The maximum Gasteiger partial charge on any atom is 0.181 e. The molecule has 1 aromatic carbocycles. The van der Waals surface area contributed by atoms with Crippen LogP contribution in [0, 0.1) is 5.82 Å². The number of allylic oxidation sites excluding steroid dienone is 4. The van der Waals surface area contributed by atoms with Crippen LogP contribution in [0.25, 0.3) is 16.8 Å². The Balaban J connectivity index is 0.000000320. The third-order valence-electron chi connectivity index (χ3n) is 5.38. The molecule has 35 heavy (non-hydrogen) atoms. The van der Waals surface area contributed by atoms with Crippen molar-refractivity contribution >= 4 is 17.0 Å². The minimum atomic E-state index is -0.200. The van der Waals surface area contributed by atoms with Gasteiger partial charge in [0.15, 0.2) is 18.0 Å². The Labute approximate surface area is 204 Å². The van der Waals surface area contributed by atoms with E-state index < -0.39 is 0 Å². The SMILES string of the molecule is CC/C=C(\CC/C=C\Cc1c(-c2cnco2)cn2ncnc(N)c12)NC.CNc1ccc(F)cc1. The van der Waals surface area contributed by atoms with Crippen molar-refractivity contribution in [1.82, 2.24) is 24.9 Å². The fourth-order valence-corrected chi connectivity index (χ4v) is 3.62. The van der Waals surface area contributed by atoms with Crippen molar-refractivity contribution in [2.45, 2.75) is 32.6 Å². The van der Waals surface area contributed by atoms with E-state index in [0.29, 0.717) is 11.6 Å². The highest BCUT2D eigenvalue weighted by molar-refractivity contribution is 5.80. The molecule has 9 heteroatoms. The molecule has 0 fully saturated rings. The molecule has 0 aliphatic carbocycles. The molecule has 0 bridgehead atoms. The number of nitrogens with two attached hydrogens (primary N) is 1. The molecule has 3 heterocycles. The minimum absolute atomic E-state index is 0.200. The first-order chi connectivity index (χ1) is 17.1. The summed E-state index contributed by atoms with van der Waals surface area (Å²) in [5.74, 6) is 0.952. The number of oxazole rings is 1. The quantitative estimate of drug-likeness (QED) is 0.284. The predicted octanol–water partition coefficient (Wildman–Crippen LogP) is 5.23. The lowest BCUT2D eigenvalue weighted by Gasteiger charge is -2.04. The molecule has 0 aliphatic rings. The first kappa shape index (κ1) is 25.5. The van der Waals surface area contributed by atoms with E-state index >= 15 is 0 Å². The van der Waals surface area contributed by atoms with Crippen LogP contribution in [0.3, 0.4) is 0 Å². The van der Waals surface area contributed by atoms with Crippen molar-refractivity contribution in [3.8, 4) is 11.3 Å². The second kappa shape index (κ2) is 12.9. The van der Waals surface area contributed by atoms with E-state index in [9.17, 15) is 4.39 Å². The van der Waals surface area contributed by atoms with Crippen molar-refractivity contribution in [1.29, 1.82) is 0 Å². The number of rotatable bonds is 9. The van der Waals surface area contributed by atoms with Crippen LogP contribution in [0.5, 0.6) is 0 Å². The third-order valence-corrected chi connectivity index (χ3v) is 5.38. The second-order valence-electron chi connectivity index (χ2n) is 7.68. The summed E-state index contributed by atoms with van der Waals surface area (Å²) < 4.78 is 19.4. The summed E-state index contributed by atoms with van der Waals surface area (Å²) in [6.07, 6.45) is 16.8. The van der Waals surface area contributed by atoms with E-state index in [1.807, 2.05) is 13.2 Å². The zero-order chi connectivity index (χ0) is 25.0. The van der Waals surface area contributed by atoms with Crippen molar-refractivity contribution < 1.29 is 8.81 Å². The van der Waals surface area contributed by atoms with Gasteiger partial charge in [-0.25, -0.2) is 18.9 Å². The Bertz CT molecular complexity index is 1240. The fourth-order valence-electron chi connectivity index (χ4n) is 3.62. The van der Waals surface area contributed by atoms with Crippen LogP contribution < -0.4 is 16.4 Å². The molecule has 8 nitrogen and oxygen atoms in total. The molecular formula is C26H32FN7O. The normalized spacial score (nSPS) is 11.5. The van der Waals surface area contributed by atoms with Crippen molar-refractivity contribution in [3.63, 3.8) is 0 Å². The summed E-state index contributed by atoms with van der Waals surface area (Å²) in [5, 5.41) is 10.4. The van der Waals surface area contributed by atoms with E-state index in [1.54, 1.807) is 29.9 Å². The summed E-state index contributed by atoms with van der Waals surface area (Å²) in [7, 11) is 3.76. The molecule has 0 saturated carbocycles. The smallest absolute Gasteiger partial charge is 0.181 e. The number of anilines is 2. The van der Waals surface area contributed by atoms with Gasteiger partial charge >= 0.3 is 0 Å². The van der Waals surface area contributed by atoms with Crippen LogP contribution >= 0.6 is 0 Å². The second-order valence-corrected chi connectivity index (χ2v) is 7.68. The standard InChI is InChI=1S/C19H24N6O.C7H8FN/c1-3-7-14(21-2)8-5-4-6-9-15-16(17-10-22-13-26-17)11-25-18(15)19(20)23-12-24-25;1-9-7-4-2-6(8)3-5-7/h4,6-7,10-13,21H,3,5,8-9H2,1-2H3,(H2,20,23,24);2-5,9H,1H3/b6-4-,14-7+;. The Hall–Kier alpha value is -4.14. The zero-order valence-electron chi connectivity index (χ0n) is 20.3. The number of benzene rings is 1. The number of hydrogen-bond donors (Lipinski definition) is 3. The van der Waals surface area contributed by atoms with Gasteiger partial charge in [-0.15, -0.1) is 0 Å². The van der Waals surface area contributed by atoms with E-state index in [1.165, 1.54) is 30.6 Å². The highest BCUT2D eigenvalue weighted by Gasteiger charge is 2.17. The number of nitrogens with zero attached hydrogens (tertiary/aromatic N) is 4. The monoisotopic (exact) mass is 477 g/mol. The van der Waals surface area contributed by atoms with Gasteiger partial charge in [0.1, 0.15) is 17.7 Å². The lowest BCUT2D eigenvalue weighted by atomic mass is 10.1. The number of hydrogen-bond acceptors (Lipinski definition) is 7. The molecule has 4 aromatic rings. The Kier molecular flexibility index (Phi) is 9.41. The molecule has 0 spiro atoms. The maximum atomic E-state index is 12.2. The van der Waals surface area contributed by atoms with Crippen LogP contribution in [-0.4, -0.2) is 33.7 Å². The highest BCUT2D eigenvalue weighted by Crippen LogP contribution is 2.30. The molecule has 4 N–H and O–H groups in total. The van der Waals surface area contributed by atoms with Crippen LogP contribution in [0.4, 0.5) is 15.9 Å². The summed E-state index contributed by atoms with van der Waals surface area (Å²) in [6.45, 7) is 2.14. The largest absolute Gasteiger partial charge is 0.443 e. The first-order valence-electron chi connectivity index (χ1n) is 11.5. The van der Waals surface area contributed by atoms with E-state index in [-0.39, 0.29) is 5.82 Å². The van der Waals surface area contributed by atoms with Gasteiger partial charge in [-0.3, -0.25) is 0 Å². The van der Waals surface area contributed by atoms with Gasteiger partial charge in [-0.05, 0) is 55.5 Å². The molecule has 4 rings (SSSR count). The number of fused-ring (bicyclic) bond motifs is 1. The van der Waals surface area contributed by atoms with Gasteiger partial charge in [0, 0.05) is 37.2 Å². The van der Waals surface area contributed by atoms with Gasteiger partial charge in [0.05, 0.1) is 6.20 Å². The van der Waals surface area contributed by atoms with Gasteiger partial charge < -0.3 is 20.8 Å². The average molecular weight is 478 g/mol. The summed E-state index contributed by atoms with van der Waals surface area (Å²) in [5.41, 5.74) is 11.1. The van der Waals surface area contributed by atoms with Gasteiger partial charge in [0.2, 0.25) is 0 Å². The molecule has 0 radical (unpaired) electrons. The number of nitrogens with one attached hydrogen (secondary N) is 2. The highest BCUT2D eigenvalue weighted by atomic mass is 19.1. The first-order valence-corrected chi connectivity index (χ1v) is 11.5. The molecule has 0 amide bonds. The van der Waals surface area contributed by atoms with Crippen LogP contribution in [0.1, 0.15) is 31.7 Å². The third kappa shape index (κ3) is 6.92. The lowest BCUT2D eigenvalue weighted by molar-refractivity contribution is 0.571. The van der Waals surface area contributed by atoms with Gasteiger partial charge in [-0.2, -0.15) is 5.10 Å². The van der Waals surface area contributed by atoms with Crippen molar-refractivity contribution in [2.24, 2.45) is 0 Å².